The maximum absolute atomic E-state index is 10.4. The molecule has 1 atom stereocenters. The van der Waals surface area contributed by atoms with Crippen LogP contribution in [0.3, 0.4) is 0 Å². The van der Waals surface area contributed by atoms with Crippen LogP contribution in [0.4, 0.5) is 0 Å². The second-order valence-electron chi connectivity index (χ2n) is 3.24. The minimum absolute atomic E-state index is 0.333. The Hall–Kier alpha value is -0.650. The van der Waals surface area contributed by atoms with Crippen molar-refractivity contribution in [3.05, 3.63) is 0 Å². The summed E-state index contributed by atoms with van der Waals surface area (Å²) < 4.78 is 5.17. The highest BCUT2D eigenvalue weighted by Crippen LogP contribution is 2.05. The van der Waals surface area contributed by atoms with Gasteiger partial charge in [-0.1, -0.05) is 0 Å². The van der Waals surface area contributed by atoms with Crippen molar-refractivity contribution in [1.29, 1.82) is 0 Å². The van der Waals surface area contributed by atoms with E-state index in [2.05, 4.69) is 5.32 Å². The normalized spacial score (nSPS) is 21.3. The predicted molar refractivity (Wildman–Crippen MR) is 47.5 cm³/mol. The highest BCUT2D eigenvalue weighted by atomic mass is 16.5. The Kier molecular flexibility index (Phi) is 4.14. The van der Waals surface area contributed by atoms with Gasteiger partial charge in [0.1, 0.15) is 6.04 Å². The molecule has 0 amide bonds. The van der Waals surface area contributed by atoms with E-state index >= 15 is 0 Å². The standard InChI is InChI=1S/C8H16N2O3/c9-7(8(11)12)5-10-6-1-3-13-4-2-6/h6-7,10H,1-5,9H2,(H,11,12). The molecule has 1 fully saturated rings. The number of ether oxygens (including phenoxy) is 1. The highest BCUT2D eigenvalue weighted by Gasteiger charge is 2.16. The lowest BCUT2D eigenvalue weighted by Crippen LogP contribution is -2.45. The largest absolute Gasteiger partial charge is 0.480 e. The number of nitrogens with one attached hydrogen (secondary N) is 1. The average molecular weight is 188 g/mol. The van der Waals surface area contributed by atoms with E-state index in [-0.39, 0.29) is 0 Å². The van der Waals surface area contributed by atoms with Crippen molar-refractivity contribution in [2.75, 3.05) is 19.8 Å². The SMILES string of the molecule is NC(CNC1CCOCC1)C(=O)O. The zero-order valence-electron chi connectivity index (χ0n) is 7.53. The Labute approximate surface area is 77.2 Å². The molecule has 76 valence electrons. The van der Waals surface area contributed by atoms with Crippen molar-refractivity contribution in [3.63, 3.8) is 0 Å². The van der Waals surface area contributed by atoms with Crippen LogP contribution in [0.1, 0.15) is 12.8 Å². The van der Waals surface area contributed by atoms with E-state index < -0.39 is 12.0 Å². The van der Waals surface area contributed by atoms with Crippen molar-refractivity contribution in [1.82, 2.24) is 5.32 Å². The second-order valence-corrected chi connectivity index (χ2v) is 3.24. The molecule has 1 rings (SSSR count). The van der Waals surface area contributed by atoms with Gasteiger partial charge in [-0.2, -0.15) is 0 Å². The van der Waals surface area contributed by atoms with Crippen LogP contribution in [0.15, 0.2) is 0 Å². The van der Waals surface area contributed by atoms with E-state index in [1.54, 1.807) is 0 Å². The molecule has 0 saturated carbocycles. The Morgan fingerprint density at radius 1 is 1.62 bits per heavy atom. The lowest BCUT2D eigenvalue weighted by molar-refractivity contribution is -0.138. The third kappa shape index (κ3) is 3.71. The average Bonchev–Trinajstić information content (AvgIpc) is 2.15. The summed E-state index contributed by atoms with van der Waals surface area (Å²) in [6, 6.07) is -0.443. The monoisotopic (exact) mass is 188 g/mol. The van der Waals surface area contributed by atoms with Crippen molar-refractivity contribution >= 4 is 5.97 Å². The van der Waals surface area contributed by atoms with Gasteiger partial charge in [0.05, 0.1) is 0 Å². The number of carboxylic acid groups (broad SMARTS) is 1. The number of nitrogens with two attached hydrogens (primary N) is 1. The molecular formula is C8H16N2O3. The molecule has 1 aliphatic rings. The Morgan fingerprint density at radius 3 is 2.77 bits per heavy atom. The van der Waals surface area contributed by atoms with Gasteiger partial charge in [-0.25, -0.2) is 0 Å². The lowest BCUT2D eigenvalue weighted by Gasteiger charge is -2.23. The van der Waals surface area contributed by atoms with Gasteiger partial charge in [-0.05, 0) is 12.8 Å². The number of carbonyl (C=O) groups is 1. The first-order valence-corrected chi connectivity index (χ1v) is 4.49. The fourth-order valence-electron chi connectivity index (χ4n) is 1.28. The molecule has 0 spiro atoms. The van der Waals surface area contributed by atoms with E-state index in [9.17, 15) is 4.79 Å². The second kappa shape index (κ2) is 5.16. The van der Waals surface area contributed by atoms with Gasteiger partial charge in [0.2, 0.25) is 0 Å². The fraction of sp³-hybridized carbons (Fsp3) is 0.875. The molecule has 1 unspecified atom stereocenters. The van der Waals surface area contributed by atoms with E-state index in [0.717, 1.165) is 26.1 Å². The fourth-order valence-corrected chi connectivity index (χ4v) is 1.28. The molecular weight excluding hydrogens is 172 g/mol. The Bertz CT molecular complexity index is 169. The van der Waals surface area contributed by atoms with Gasteiger partial charge in [0, 0.05) is 25.8 Å². The summed E-state index contributed by atoms with van der Waals surface area (Å²) in [5.74, 6) is -0.959. The Morgan fingerprint density at radius 2 is 2.23 bits per heavy atom. The smallest absolute Gasteiger partial charge is 0.321 e. The summed E-state index contributed by atoms with van der Waals surface area (Å²) in [6.07, 6.45) is 1.87. The molecule has 0 aliphatic carbocycles. The molecule has 1 saturated heterocycles. The highest BCUT2D eigenvalue weighted by molar-refractivity contribution is 5.73. The molecule has 1 heterocycles. The van der Waals surface area contributed by atoms with Crippen LogP contribution in [-0.4, -0.2) is 42.9 Å². The minimum Gasteiger partial charge on any atom is -0.480 e. The zero-order chi connectivity index (χ0) is 9.68. The summed E-state index contributed by atoms with van der Waals surface area (Å²) in [4.78, 5) is 10.4. The van der Waals surface area contributed by atoms with Crippen LogP contribution >= 0.6 is 0 Å². The van der Waals surface area contributed by atoms with Crippen molar-refractivity contribution in [2.45, 2.75) is 24.9 Å². The van der Waals surface area contributed by atoms with Crippen LogP contribution in [0, 0.1) is 0 Å². The number of hydrogen-bond donors (Lipinski definition) is 3. The van der Waals surface area contributed by atoms with E-state index in [1.165, 1.54) is 0 Å². The van der Waals surface area contributed by atoms with Crippen molar-refractivity contribution < 1.29 is 14.6 Å². The predicted octanol–water partition coefficient (Wildman–Crippen LogP) is -0.833. The van der Waals surface area contributed by atoms with Crippen LogP contribution in [0.5, 0.6) is 0 Å². The molecule has 13 heavy (non-hydrogen) atoms. The quantitative estimate of drug-likeness (QED) is 0.536. The Balaban J connectivity index is 2.13. The van der Waals surface area contributed by atoms with Gasteiger partial charge in [-0.15, -0.1) is 0 Å². The molecule has 5 heteroatoms. The van der Waals surface area contributed by atoms with Crippen LogP contribution in [0.25, 0.3) is 0 Å². The summed E-state index contributed by atoms with van der Waals surface area (Å²) in [5, 5.41) is 11.6. The topological polar surface area (TPSA) is 84.6 Å². The van der Waals surface area contributed by atoms with Gasteiger partial charge in [0.25, 0.3) is 0 Å². The zero-order valence-corrected chi connectivity index (χ0v) is 7.53. The van der Waals surface area contributed by atoms with E-state index in [1.807, 2.05) is 0 Å². The summed E-state index contributed by atoms with van der Waals surface area (Å²) in [6.45, 7) is 1.83. The van der Waals surface area contributed by atoms with Gasteiger partial charge >= 0.3 is 5.97 Å². The molecule has 1 aliphatic heterocycles. The summed E-state index contributed by atoms with van der Waals surface area (Å²) >= 11 is 0. The third-order valence-corrected chi connectivity index (χ3v) is 2.16. The number of rotatable bonds is 4. The molecule has 0 aromatic carbocycles. The molecule has 0 aromatic heterocycles. The van der Waals surface area contributed by atoms with Gasteiger partial charge in [-0.3, -0.25) is 4.79 Å². The van der Waals surface area contributed by atoms with Gasteiger partial charge < -0.3 is 20.9 Å². The van der Waals surface area contributed by atoms with E-state index in [4.69, 9.17) is 15.6 Å². The first-order chi connectivity index (χ1) is 6.20. The van der Waals surface area contributed by atoms with Crippen molar-refractivity contribution in [3.8, 4) is 0 Å². The summed E-state index contributed by atoms with van der Waals surface area (Å²) in [5.41, 5.74) is 5.34. The van der Waals surface area contributed by atoms with Crippen LogP contribution in [0.2, 0.25) is 0 Å². The summed E-state index contributed by atoms with van der Waals surface area (Å²) in [7, 11) is 0. The van der Waals surface area contributed by atoms with E-state index in [0.29, 0.717) is 12.6 Å². The first kappa shape index (κ1) is 10.4. The molecule has 0 bridgehead atoms. The van der Waals surface area contributed by atoms with Crippen LogP contribution in [-0.2, 0) is 9.53 Å². The van der Waals surface area contributed by atoms with Gasteiger partial charge in [0.15, 0.2) is 0 Å². The number of aliphatic carboxylic acids is 1. The first-order valence-electron chi connectivity index (χ1n) is 4.49. The molecule has 0 radical (unpaired) electrons. The third-order valence-electron chi connectivity index (χ3n) is 2.16. The molecule has 0 aromatic rings. The lowest BCUT2D eigenvalue weighted by atomic mass is 10.1. The number of carboxylic acids is 1. The molecule has 4 N–H and O–H groups in total. The van der Waals surface area contributed by atoms with Crippen LogP contribution < -0.4 is 11.1 Å². The maximum Gasteiger partial charge on any atom is 0.321 e. The minimum atomic E-state index is -0.959. The van der Waals surface area contributed by atoms with Crippen molar-refractivity contribution in [2.24, 2.45) is 5.73 Å². The number of hydrogen-bond acceptors (Lipinski definition) is 4. The maximum atomic E-state index is 10.4. The molecule has 5 nitrogen and oxygen atoms in total.